The van der Waals surface area contributed by atoms with Crippen LogP contribution in [0.15, 0.2) is 46.8 Å². The molecule has 0 aliphatic carbocycles. The van der Waals surface area contributed by atoms with E-state index >= 15 is 0 Å². The van der Waals surface area contributed by atoms with Crippen LogP contribution in [-0.4, -0.2) is 57.9 Å². The molecule has 0 amide bonds. The number of nitro groups is 1. The molecule has 0 aliphatic rings. The van der Waals surface area contributed by atoms with Crippen molar-refractivity contribution in [2.24, 2.45) is 4.99 Å². The molecule has 2 N–H and O–H groups in total. The number of aliphatic imine (C=N–C) groups is 1. The van der Waals surface area contributed by atoms with Crippen LogP contribution in [0.3, 0.4) is 0 Å². The topological polar surface area (TPSA) is 117 Å². The van der Waals surface area contributed by atoms with Crippen molar-refractivity contribution >= 4 is 45.6 Å². The predicted octanol–water partition coefficient (Wildman–Crippen LogP) is 1.96. The van der Waals surface area contributed by atoms with E-state index in [0.717, 1.165) is 25.5 Å². The number of hydrogen-bond acceptors (Lipinski definition) is 5. The fraction of sp³-hybridized carbons (Fsp3) is 0.438. The third-order valence-electron chi connectivity index (χ3n) is 3.51. The molecule has 27 heavy (non-hydrogen) atoms. The van der Waals surface area contributed by atoms with Crippen molar-refractivity contribution < 1.29 is 13.3 Å². The SMILES string of the molecule is C=CCCCN(C)C(=NC)NCCNS(=O)(=O)c1cccc([N+](=O)[O-])c1.I. The average Bonchev–Trinajstić information content (AvgIpc) is 2.62. The van der Waals surface area contributed by atoms with Gasteiger partial charge in [-0.15, -0.1) is 30.6 Å². The Kier molecular flexibility index (Phi) is 11.8. The number of sulfonamides is 1. The van der Waals surface area contributed by atoms with Gasteiger partial charge < -0.3 is 10.2 Å². The first-order chi connectivity index (χ1) is 12.3. The molecule has 0 aliphatic heterocycles. The summed E-state index contributed by atoms with van der Waals surface area (Å²) in [5.74, 6) is 0.656. The fourth-order valence-electron chi connectivity index (χ4n) is 2.17. The van der Waals surface area contributed by atoms with Gasteiger partial charge in [-0.1, -0.05) is 12.1 Å². The van der Waals surface area contributed by atoms with Gasteiger partial charge in [0.05, 0.1) is 9.82 Å². The van der Waals surface area contributed by atoms with Crippen molar-refractivity contribution in [3.8, 4) is 0 Å². The second kappa shape index (κ2) is 12.6. The Morgan fingerprint density at radius 1 is 1.41 bits per heavy atom. The zero-order valence-corrected chi connectivity index (χ0v) is 18.6. The average molecular weight is 511 g/mol. The summed E-state index contributed by atoms with van der Waals surface area (Å²) >= 11 is 0. The number of guanidine groups is 1. The smallest absolute Gasteiger partial charge is 0.270 e. The zero-order valence-electron chi connectivity index (χ0n) is 15.4. The van der Waals surface area contributed by atoms with Crippen molar-refractivity contribution in [3.63, 3.8) is 0 Å². The van der Waals surface area contributed by atoms with Crippen LogP contribution in [0.4, 0.5) is 5.69 Å². The summed E-state index contributed by atoms with van der Waals surface area (Å²) in [6.07, 6.45) is 3.71. The summed E-state index contributed by atoms with van der Waals surface area (Å²) in [7, 11) is -0.271. The molecule has 1 aromatic carbocycles. The second-order valence-corrected chi connectivity index (χ2v) is 7.25. The van der Waals surface area contributed by atoms with Crippen molar-refractivity contribution in [3.05, 3.63) is 47.0 Å². The van der Waals surface area contributed by atoms with E-state index in [-0.39, 0.29) is 41.1 Å². The van der Waals surface area contributed by atoms with Crippen LogP contribution in [0.25, 0.3) is 0 Å². The Morgan fingerprint density at radius 2 is 2.11 bits per heavy atom. The Labute approximate surface area is 177 Å². The Bertz CT molecular complexity index is 755. The number of non-ortho nitro benzene ring substituents is 1. The van der Waals surface area contributed by atoms with Gasteiger partial charge in [0.2, 0.25) is 10.0 Å². The molecule has 1 rings (SSSR count). The molecule has 0 atom stereocenters. The maximum absolute atomic E-state index is 12.2. The molecule has 11 heteroatoms. The van der Waals surface area contributed by atoms with Crippen LogP contribution in [0.5, 0.6) is 0 Å². The summed E-state index contributed by atoms with van der Waals surface area (Å²) in [5, 5.41) is 13.8. The van der Waals surface area contributed by atoms with Gasteiger partial charge in [-0.05, 0) is 18.9 Å². The molecule has 152 valence electrons. The number of benzene rings is 1. The molecule has 0 radical (unpaired) electrons. The minimum absolute atomic E-state index is 0. The van der Waals surface area contributed by atoms with E-state index in [2.05, 4.69) is 21.6 Å². The molecule has 0 saturated carbocycles. The summed E-state index contributed by atoms with van der Waals surface area (Å²) < 4.78 is 26.8. The molecular formula is C16H26IN5O4S. The van der Waals surface area contributed by atoms with Crippen LogP contribution in [-0.2, 0) is 10.0 Å². The Morgan fingerprint density at radius 3 is 2.70 bits per heavy atom. The standard InChI is InChI=1S/C16H25N5O4S.HI/c1-4-5-6-12-20(3)16(17-2)18-10-11-19-26(24,25)15-9-7-8-14(13-15)21(22)23;/h4,7-9,13,19H,1,5-6,10-12H2,2-3H3,(H,17,18);1H. The van der Waals surface area contributed by atoms with E-state index in [1.165, 1.54) is 18.2 Å². The second-order valence-electron chi connectivity index (χ2n) is 5.48. The van der Waals surface area contributed by atoms with Crippen molar-refractivity contribution in [2.75, 3.05) is 33.7 Å². The van der Waals surface area contributed by atoms with Crippen molar-refractivity contribution in [1.29, 1.82) is 0 Å². The summed E-state index contributed by atoms with van der Waals surface area (Å²) in [4.78, 5) is 16.1. The third-order valence-corrected chi connectivity index (χ3v) is 4.97. The lowest BCUT2D eigenvalue weighted by Crippen LogP contribution is -2.42. The van der Waals surface area contributed by atoms with Gasteiger partial charge in [-0.25, -0.2) is 13.1 Å². The van der Waals surface area contributed by atoms with Gasteiger partial charge in [0.1, 0.15) is 0 Å². The van der Waals surface area contributed by atoms with Crippen LogP contribution in [0.2, 0.25) is 0 Å². The molecule has 0 aromatic heterocycles. The van der Waals surface area contributed by atoms with Gasteiger partial charge in [-0.2, -0.15) is 0 Å². The summed E-state index contributed by atoms with van der Waals surface area (Å²) in [5.41, 5.74) is -0.271. The number of unbranched alkanes of at least 4 members (excludes halogenated alkanes) is 1. The minimum atomic E-state index is -3.82. The van der Waals surface area contributed by atoms with E-state index in [9.17, 15) is 18.5 Å². The van der Waals surface area contributed by atoms with E-state index in [0.29, 0.717) is 12.5 Å². The van der Waals surface area contributed by atoms with Crippen LogP contribution in [0, 0.1) is 10.1 Å². The van der Waals surface area contributed by atoms with Gasteiger partial charge in [0.15, 0.2) is 5.96 Å². The number of allylic oxidation sites excluding steroid dienone is 1. The molecule has 0 unspecified atom stereocenters. The normalized spacial score (nSPS) is 11.4. The molecular weight excluding hydrogens is 485 g/mol. The molecule has 1 aromatic rings. The van der Waals surface area contributed by atoms with Crippen LogP contribution >= 0.6 is 24.0 Å². The monoisotopic (exact) mass is 511 g/mol. The maximum Gasteiger partial charge on any atom is 0.270 e. The Balaban J connectivity index is 0.00000676. The molecule has 9 nitrogen and oxygen atoms in total. The number of hydrogen-bond donors (Lipinski definition) is 2. The highest BCUT2D eigenvalue weighted by atomic mass is 127. The zero-order chi connectivity index (χ0) is 19.6. The first-order valence-corrected chi connectivity index (χ1v) is 9.57. The first kappa shape index (κ1) is 25.3. The molecule has 0 fully saturated rings. The quantitative estimate of drug-likeness (QED) is 0.0944. The molecule has 0 heterocycles. The minimum Gasteiger partial charge on any atom is -0.355 e. The van der Waals surface area contributed by atoms with Crippen LogP contribution in [0.1, 0.15) is 12.8 Å². The highest BCUT2D eigenvalue weighted by molar-refractivity contribution is 14.0. The number of halogens is 1. The number of rotatable bonds is 10. The number of nitrogens with zero attached hydrogens (tertiary/aromatic N) is 3. The van der Waals surface area contributed by atoms with E-state index < -0.39 is 14.9 Å². The lowest BCUT2D eigenvalue weighted by atomic mass is 10.3. The lowest BCUT2D eigenvalue weighted by Gasteiger charge is -2.21. The van der Waals surface area contributed by atoms with Gasteiger partial charge in [-0.3, -0.25) is 15.1 Å². The van der Waals surface area contributed by atoms with Crippen molar-refractivity contribution in [1.82, 2.24) is 14.9 Å². The molecule has 0 spiro atoms. The largest absolute Gasteiger partial charge is 0.355 e. The fourth-order valence-corrected chi connectivity index (χ4v) is 3.24. The van der Waals surface area contributed by atoms with Crippen LogP contribution < -0.4 is 10.0 Å². The molecule has 0 saturated heterocycles. The maximum atomic E-state index is 12.2. The number of nitrogens with one attached hydrogen (secondary N) is 2. The number of nitro benzene ring substituents is 1. The highest BCUT2D eigenvalue weighted by Gasteiger charge is 2.17. The van der Waals surface area contributed by atoms with Gasteiger partial charge >= 0.3 is 0 Å². The third kappa shape index (κ3) is 8.67. The lowest BCUT2D eigenvalue weighted by molar-refractivity contribution is -0.385. The van der Waals surface area contributed by atoms with Crippen molar-refractivity contribution in [2.45, 2.75) is 17.7 Å². The highest BCUT2D eigenvalue weighted by Crippen LogP contribution is 2.16. The summed E-state index contributed by atoms with van der Waals surface area (Å²) in [6, 6.07) is 4.93. The summed E-state index contributed by atoms with van der Waals surface area (Å²) in [6.45, 7) is 4.92. The molecule has 0 bridgehead atoms. The van der Waals surface area contributed by atoms with Gasteiger partial charge in [0.25, 0.3) is 5.69 Å². The van der Waals surface area contributed by atoms with E-state index in [1.807, 2.05) is 18.0 Å². The van der Waals surface area contributed by atoms with E-state index in [4.69, 9.17) is 0 Å². The van der Waals surface area contributed by atoms with E-state index in [1.54, 1.807) is 7.05 Å². The first-order valence-electron chi connectivity index (χ1n) is 8.08. The van der Waals surface area contributed by atoms with Gasteiger partial charge in [0, 0.05) is 45.9 Å². The Hall–Kier alpha value is -1.73. The predicted molar refractivity (Wildman–Crippen MR) is 117 cm³/mol.